The Hall–Kier alpha value is -1.22. The molecule has 3 N–H and O–H groups in total. The Morgan fingerprint density at radius 1 is 1.16 bits per heavy atom. The summed E-state index contributed by atoms with van der Waals surface area (Å²) >= 11 is 0. The maximum absolute atomic E-state index is 6.05. The lowest BCUT2D eigenvalue weighted by molar-refractivity contribution is 0.00578. The summed E-state index contributed by atoms with van der Waals surface area (Å²) in [5.41, 5.74) is 5.71. The van der Waals surface area contributed by atoms with E-state index in [4.69, 9.17) is 15.0 Å². The van der Waals surface area contributed by atoms with E-state index < -0.39 is 7.12 Å². The number of anilines is 1. The van der Waals surface area contributed by atoms with Crippen LogP contribution < -0.4 is 21.4 Å². The van der Waals surface area contributed by atoms with Crippen molar-refractivity contribution >= 4 is 18.5 Å². The van der Waals surface area contributed by atoms with E-state index in [-0.39, 0.29) is 11.2 Å². The monoisotopic (exact) mass is 347 g/mol. The van der Waals surface area contributed by atoms with Crippen molar-refractivity contribution in [2.45, 2.75) is 57.8 Å². The number of hydrogen-bond donors (Lipinski definition) is 2. The standard InChI is InChI=1S/C17H30BN5O2/c1-16(2)17(3,4)25-18(24-16)13-11-21-15(22-12-13)23-9-5-14(6-10-23)20-8-7-19/h11-12,14,20H,5-10,19H2,1-4H3. The maximum atomic E-state index is 6.05. The second-order valence-corrected chi connectivity index (χ2v) is 7.91. The van der Waals surface area contributed by atoms with E-state index in [2.05, 4.69) is 20.2 Å². The van der Waals surface area contributed by atoms with E-state index in [1.807, 2.05) is 40.1 Å². The predicted octanol–water partition coefficient (Wildman–Crippen LogP) is 0.293. The van der Waals surface area contributed by atoms with Gasteiger partial charge in [-0.25, -0.2) is 9.97 Å². The van der Waals surface area contributed by atoms with Crippen LogP contribution >= 0.6 is 0 Å². The summed E-state index contributed by atoms with van der Waals surface area (Å²) in [7, 11) is -0.412. The Bertz CT molecular complexity index is 557. The smallest absolute Gasteiger partial charge is 0.399 e. The van der Waals surface area contributed by atoms with Gasteiger partial charge in [0.15, 0.2) is 0 Å². The second kappa shape index (κ2) is 7.19. The van der Waals surface area contributed by atoms with Crippen molar-refractivity contribution in [3.63, 3.8) is 0 Å². The van der Waals surface area contributed by atoms with Crippen LogP contribution in [0.1, 0.15) is 40.5 Å². The molecule has 8 heteroatoms. The molecular formula is C17H30BN5O2. The van der Waals surface area contributed by atoms with Crippen LogP contribution in [0.3, 0.4) is 0 Å². The van der Waals surface area contributed by atoms with E-state index in [1.165, 1.54) is 0 Å². The topological polar surface area (TPSA) is 85.5 Å². The molecule has 138 valence electrons. The average molecular weight is 347 g/mol. The largest absolute Gasteiger partial charge is 0.498 e. The highest BCUT2D eigenvalue weighted by molar-refractivity contribution is 6.61. The Labute approximate surface area is 150 Å². The summed E-state index contributed by atoms with van der Waals surface area (Å²) in [6, 6.07) is 0.545. The van der Waals surface area contributed by atoms with Gasteiger partial charge in [0.05, 0.1) is 11.2 Å². The van der Waals surface area contributed by atoms with Crippen molar-refractivity contribution in [1.82, 2.24) is 15.3 Å². The van der Waals surface area contributed by atoms with Gasteiger partial charge in [-0.15, -0.1) is 0 Å². The Kier molecular flexibility index (Phi) is 5.34. The van der Waals surface area contributed by atoms with Gasteiger partial charge in [-0.05, 0) is 40.5 Å². The summed E-state index contributed by atoms with van der Waals surface area (Å²) in [5.74, 6) is 0.776. The fourth-order valence-corrected chi connectivity index (χ4v) is 3.17. The van der Waals surface area contributed by atoms with Crippen molar-refractivity contribution < 1.29 is 9.31 Å². The molecule has 2 aliphatic heterocycles. The Morgan fingerprint density at radius 3 is 2.24 bits per heavy atom. The first-order chi connectivity index (χ1) is 11.8. The first kappa shape index (κ1) is 18.6. The van der Waals surface area contributed by atoms with Crippen molar-refractivity contribution in [2.24, 2.45) is 5.73 Å². The molecule has 2 aliphatic rings. The normalized spacial score (nSPS) is 23.2. The summed E-state index contributed by atoms with van der Waals surface area (Å²) < 4.78 is 12.1. The number of rotatable bonds is 5. The molecule has 2 fully saturated rings. The van der Waals surface area contributed by atoms with E-state index in [9.17, 15) is 0 Å². The number of piperidine rings is 1. The van der Waals surface area contributed by atoms with Crippen molar-refractivity contribution in [3.8, 4) is 0 Å². The lowest BCUT2D eigenvalue weighted by atomic mass is 9.81. The maximum Gasteiger partial charge on any atom is 0.498 e. The molecule has 7 nitrogen and oxygen atoms in total. The molecule has 3 heterocycles. The zero-order valence-electron chi connectivity index (χ0n) is 15.8. The zero-order valence-corrected chi connectivity index (χ0v) is 15.8. The average Bonchev–Trinajstić information content (AvgIpc) is 2.81. The van der Waals surface area contributed by atoms with Gasteiger partial charge in [0.1, 0.15) is 0 Å². The molecule has 0 aromatic carbocycles. The number of hydrogen-bond acceptors (Lipinski definition) is 7. The van der Waals surface area contributed by atoms with Gasteiger partial charge in [-0.1, -0.05) is 0 Å². The van der Waals surface area contributed by atoms with E-state index in [0.29, 0.717) is 12.6 Å². The van der Waals surface area contributed by atoms with Crippen LogP contribution in [0.2, 0.25) is 0 Å². The van der Waals surface area contributed by atoms with Gasteiger partial charge in [0.2, 0.25) is 5.95 Å². The van der Waals surface area contributed by atoms with Gasteiger partial charge in [-0.2, -0.15) is 0 Å². The molecule has 0 atom stereocenters. The molecule has 0 saturated carbocycles. The molecule has 1 aromatic rings. The van der Waals surface area contributed by atoms with Crippen LogP contribution in [0.25, 0.3) is 0 Å². The quantitative estimate of drug-likeness (QED) is 0.741. The lowest BCUT2D eigenvalue weighted by Crippen LogP contribution is -2.44. The molecule has 0 aliphatic carbocycles. The van der Waals surface area contributed by atoms with Crippen LogP contribution in [-0.4, -0.2) is 60.5 Å². The summed E-state index contributed by atoms with van der Waals surface area (Å²) in [4.78, 5) is 11.3. The third-order valence-electron chi connectivity index (χ3n) is 5.54. The van der Waals surface area contributed by atoms with Crippen LogP contribution in [0.4, 0.5) is 5.95 Å². The molecule has 0 amide bonds. The molecule has 0 radical (unpaired) electrons. The molecule has 2 saturated heterocycles. The number of nitrogens with two attached hydrogens (primary N) is 1. The molecule has 1 aromatic heterocycles. The van der Waals surface area contributed by atoms with E-state index in [0.717, 1.165) is 43.9 Å². The highest BCUT2D eigenvalue weighted by atomic mass is 16.7. The SMILES string of the molecule is CC1(C)OB(c2cnc(N3CCC(NCCN)CC3)nc2)OC1(C)C. The number of nitrogens with zero attached hydrogens (tertiary/aromatic N) is 3. The van der Waals surface area contributed by atoms with Crippen LogP contribution in [0.15, 0.2) is 12.4 Å². The highest BCUT2D eigenvalue weighted by Crippen LogP contribution is 2.36. The first-order valence-electron chi connectivity index (χ1n) is 9.18. The fraction of sp³-hybridized carbons (Fsp3) is 0.765. The predicted molar refractivity (Wildman–Crippen MR) is 100 cm³/mol. The minimum Gasteiger partial charge on any atom is -0.399 e. The van der Waals surface area contributed by atoms with Crippen molar-refractivity contribution in [3.05, 3.63) is 12.4 Å². The van der Waals surface area contributed by atoms with Crippen molar-refractivity contribution in [1.29, 1.82) is 0 Å². The summed E-state index contributed by atoms with van der Waals surface area (Å²) in [6.07, 6.45) is 5.82. The third-order valence-corrected chi connectivity index (χ3v) is 5.54. The van der Waals surface area contributed by atoms with Gasteiger partial charge in [-0.3, -0.25) is 0 Å². The van der Waals surface area contributed by atoms with E-state index >= 15 is 0 Å². The summed E-state index contributed by atoms with van der Waals surface area (Å²) in [6.45, 7) is 11.7. The lowest BCUT2D eigenvalue weighted by Gasteiger charge is -2.32. The Balaban J connectivity index is 1.59. The number of aromatic nitrogens is 2. The van der Waals surface area contributed by atoms with Crippen molar-refractivity contribution in [2.75, 3.05) is 31.1 Å². The highest BCUT2D eigenvalue weighted by Gasteiger charge is 2.52. The third kappa shape index (κ3) is 3.97. The Morgan fingerprint density at radius 2 is 1.72 bits per heavy atom. The van der Waals surface area contributed by atoms with Gasteiger partial charge >= 0.3 is 7.12 Å². The zero-order chi connectivity index (χ0) is 18.1. The van der Waals surface area contributed by atoms with Crippen LogP contribution in [0, 0.1) is 0 Å². The van der Waals surface area contributed by atoms with Crippen LogP contribution in [-0.2, 0) is 9.31 Å². The molecular weight excluding hydrogens is 317 g/mol. The van der Waals surface area contributed by atoms with Gasteiger partial charge in [0.25, 0.3) is 0 Å². The molecule has 0 bridgehead atoms. The first-order valence-corrected chi connectivity index (χ1v) is 9.18. The van der Waals surface area contributed by atoms with E-state index in [1.54, 1.807) is 0 Å². The van der Waals surface area contributed by atoms with Gasteiger partial charge < -0.3 is 25.3 Å². The summed E-state index contributed by atoms with van der Waals surface area (Å²) in [5, 5.41) is 3.48. The molecule has 0 unspecified atom stereocenters. The fourth-order valence-electron chi connectivity index (χ4n) is 3.17. The number of nitrogens with one attached hydrogen (secondary N) is 1. The second-order valence-electron chi connectivity index (χ2n) is 7.91. The minimum atomic E-state index is -0.412. The molecule has 3 rings (SSSR count). The van der Waals surface area contributed by atoms with Crippen LogP contribution in [0.5, 0.6) is 0 Å². The minimum absolute atomic E-state index is 0.352. The van der Waals surface area contributed by atoms with Gasteiger partial charge in [0, 0.05) is 50.1 Å². The molecule has 25 heavy (non-hydrogen) atoms. The molecule has 0 spiro atoms.